The van der Waals surface area contributed by atoms with Gasteiger partial charge < -0.3 is 10.4 Å². The molecule has 0 amide bonds. The summed E-state index contributed by atoms with van der Waals surface area (Å²) >= 11 is 0. The molecule has 2 N–H and O–H groups in total. The van der Waals surface area contributed by atoms with Gasteiger partial charge in [-0.25, -0.2) is 0 Å². The van der Waals surface area contributed by atoms with E-state index < -0.39 is 5.60 Å². The van der Waals surface area contributed by atoms with Crippen LogP contribution in [0, 0.1) is 5.92 Å². The van der Waals surface area contributed by atoms with Crippen LogP contribution in [0.15, 0.2) is 91.0 Å². The molecule has 4 rings (SSSR count). The molecule has 0 saturated carbocycles. The van der Waals surface area contributed by atoms with Gasteiger partial charge in [0.05, 0.1) is 5.60 Å². The fraction of sp³-hybridized carbons (Fsp3) is 0.280. The number of aliphatic hydroxyl groups is 1. The van der Waals surface area contributed by atoms with Gasteiger partial charge in [-0.1, -0.05) is 97.9 Å². The molecule has 1 aliphatic rings. The predicted molar refractivity (Wildman–Crippen MR) is 110 cm³/mol. The lowest BCUT2D eigenvalue weighted by atomic mass is 9.69. The van der Waals surface area contributed by atoms with Crippen LogP contribution in [0.1, 0.15) is 42.1 Å². The van der Waals surface area contributed by atoms with Gasteiger partial charge in [-0.3, -0.25) is 0 Å². The summed E-state index contributed by atoms with van der Waals surface area (Å²) < 4.78 is 0. The van der Waals surface area contributed by atoms with Crippen LogP contribution in [0.3, 0.4) is 0 Å². The summed E-state index contributed by atoms with van der Waals surface area (Å²) in [4.78, 5) is 0. The summed E-state index contributed by atoms with van der Waals surface area (Å²) in [5, 5.41) is 15.6. The molecule has 0 unspecified atom stereocenters. The van der Waals surface area contributed by atoms with Gasteiger partial charge in [-0.05, 0) is 23.1 Å². The fourth-order valence-corrected chi connectivity index (χ4v) is 4.40. The molecule has 0 bridgehead atoms. The highest BCUT2D eigenvalue weighted by Gasteiger charge is 2.45. The highest BCUT2D eigenvalue weighted by molar-refractivity contribution is 5.28. The monoisotopic (exact) mass is 357 g/mol. The van der Waals surface area contributed by atoms with E-state index in [1.807, 2.05) is 30.3 Å². The van der Waals surface area contributed by atoms with E-state index in [2.05, 4.69) is 72.9 Å². The molecule has 3 aromatic carbocycles. The lowest BCUT2D eigenvalue weighted by Gasteiger charge is -2.48. The average Bonchev–Trinajstić information content (AvgIpc) is 2.72. The highest BCUT2D eigenvalue weighted by Crippen LogP contribution is 2.44. The van der Waals surface area contributed by atoms with Crippen LogP contribution in [0.4, 0.5) is 0 Å². The number of nitrogens with one attached hydrogen (secondary N) is 1. The molecule has 1 heterocycles. The summed E-state index contributed by atoms with van der Waals surface area (Å²) in [6.45, 7) is 2.18. The molecule has 1 fully saturated rings. The smallest absolute Gasteiger partial charge is 0.0749 e. The molecule has 3 aromatic rings. The lowest BCUT2D eigenvalue weighted by molar-refractivity contribution is -0.0674. The summed E-state index contributed by atoms with van der Waals surface area (Å²) in [6.07, 6.45) is 1.37. The molecule has 1 aliphatic heterocycles. The van der Waals surface area contributed by atoms with Gasteiger partial charge in [0.1, 0.15) is 0 Å². The Hall–Kier alpha value is -2.42. The standard InChI is InChI=1S/C25H27NO/c1-19-24(22-15-9-4-10-16-22)26-23(21-13-7-3-8-14-21)18-25(19,27)17-20-11-5-2-6-12-20/h2-16,19,23-24,26-27H,17-18H2,1H3/t19-,23+,24-,25-/m1/s1. The van der Waals surface area contributed by atoms with E-state index in [1.165, 1.54) is 16.7 Å². The van der Waals surface area contributed by atoms with E-state index >= 15 is 0 Å². The highest BCUT2D eigenvalue weighted by atomic mass is 16.3. The second-order valence-electron chi connectivity index (χ2n) is 7.78. The molecule has 27 heavy (non-hydrogen) atoms. The molecular formula is C25H27NO. The topological polar surface area (TPSA) is 32.3 Å². The largest absolute Gasteiger partial charge is 0.389 e. The van der Waals surface area contributed by atoms with E-state index in [-0.39, 0.29) is 18.0 Å². The van der Waals surface area contributed by atoms with Crippen molar-refractivity contribution < 1.29 is 5.11 Å². The fourth-order valence-electron chi connectivity index (χ4n) is 4.40. The lowest BCUT2D eigenvalue weighted by Crippen LogP contribution is -2.53. The number of rotatable bonds is 4. The minimum atomic E-state index is -0.770. The Labute approximate surface area is 161 Å². The van der Waals surface area contributed by atoms with Gasteiger partial charge in [0.2, 0.25) is 0 Å². The molecule has 4 atom stereocenters. The molecule has 2 heteroatoms. The Morgan fingerprint density at radius 1 is 0.815 bits per heavy atom. The Balaban J connectivity index is 1.70. The van der Waals surface area contributed by atoms with Crippen molar-refractivity contribution in [1.29, 1.82) is 0 Å². The number of piperidine rings is 1. The van der Waals surface area contributed by atoms with Crippen LogP contribution < -0.4 is 5.32 Å². The molecule has 2 nitrogen and oxygen atoms in total. The van der Waals surface area contributed by atoms with Crippen molar-refractivity contribution in [3.05, 3.63) is 108 Å². The van der Waals surface area contributed by atoms with Crippen molar-refractivity contribution in [1.82, 2.24) is 5.32 Å². The third-order valence-electron chi connectivity index (χ3n) is 6.00. The summed E-state index contributed by atoms with van der Waals surface area (Å²) in [5.41, 5.74) is 2.88. The summed E-state index contributed by atoms with van der Waals surface area (Å²) in [5.74, 6) is 0.0973. The molecule has 0 spiro atoms. The van der Waals surface area contributed by atoms with Crippen molar-refractivity contribution in [2.75, 3.05) is 0 Å². The van der Waals surface area contributed by atoms with Gasteiger partial charge in [0.25, 0.3) is 0 Å². The number of benzene rings is 3. The molecule has 0 radical (unpaired) electrons. The first kappa shape index (κ1) is 18.0. The van der Waals surface area contributed by atoms with Gasteiger partial charge in [0, 0.05) is 24.4 Å². The van der Waals surface area contributed by atoms with E-state index in [9.17, 15) is 5.11 Å². The van der Waals surface area contributed by atoms with Gasteiger partial charge in [-0.2, -0.15) is 0 Å². The first-order chi connectivity index (χ1) is 13.2. The SMILES string of the molecule is C[C@@H]1[C@H](c2ccccc2)N[C@H](c2ccccc2)C[C@]1(O)Cc1ccccc1. The van der Waals surface area contributed by atoms with Crippen molar-refractivity contribution in [2.45, 2.75) is 37.5 Å². The maximum absolute atomic E-state index is 11.8. The van der Waals surface area contributed by atoms with Crippen molar-refractivity contribution >= 4 is 0 Å². The van der Waals surface area contributed by atoms with Crippen LogP contribution in [-0.2, 0) is 6.42 Å². The Morgan fingerprint density at radius 2 is 1.33 bits per heavy atom. The number of hydrogen-bond donors (Lipinski definition) is 2. The minimum Gasteiger partial charge on any atom is -0.389 e. The zero-order valence-electron chi connectivity index (χ0n) is 15.8. The van der Waals surface area contributed by atoms with Crippen LogP contribution >= 0.6 is 0 Å². The Morgan fingerprint density at radius 3 is 1.93 bits per heavy atom. The van der Waals surface area contributed by atoms with Gasteiger partial charge >= 0.3 is 0 Å². The normalized spacial score (nSPS) is 28.0. The Kier molecular flexibility index (Phi) is 5.11. The predicted octanol–water partition coefficient (Wildman–Crippen LogP) is 5.07. The summed E-state index contributed by atoms with van der Waals surface area (Å²) in [6, 6.07) is 31.6. The third kappa shape index (κ3) is 3.83. The third-order valence-corrected chi connectivity index (χ3v) is 6.00. The van der Waals surface area contributed by atoms with Crippen molar-refractivity contribution in [3.63, 3.8) is 0 Å². The van der Waals surface area contributed by atoms with E-state index in [0.717, 1.165) is 0 Å². The minimum absolute atomic E-state index is 0.0973. The van der Waals surface area contributed by atoms with E-state index in [4.69, 9.17) is 0 Å². The zero-order valence-corrected chi connectivity index (χ0v) is 15.8. The van der Waals surface area contributed by atoms with E-state index in [0.29, 0.717) is 12.8 Å². The average molecular weight is 357 g/mol. The van der Waals surface area contributed by atoms with Crippen molar-refractivity contribution in [2.24, 2.45) is 5.92 Å². The first-order valence-electron chi connectivity index (χ1n) is 9.78. The quantitative estimate of drug-likeness (QED) is 0.683. The van der Waals surface area contributed by atoms with Crippen LogP contribution in [0.5, 0.6) is 0 Å². The molecule has 0 aromatic heterocycles. The molecule has 1 saturated heterocycles. The maximum atomic E-state index is 11.8. The second-order valence-corrected chi connectivity index (χ2v) is 7.78. The van der Waals surface area contributed by atoms with Crippen LogP contribution in [0.2, 0.25) is 0 Å². The van der Waals surface area contributed by atoms with E-state index in [1.54, 1.807) is 0 Å². The summed E-state index contributed by atoms with van der Waals surface area (Å²) in [7, 11) is 0. The maximum Gasteiger partial charge on any atom is 0.0749 e. The van der Waals surface area contributed by atoms with Gasteiger partial charge in [-0.15, -0.1) is 0 Å². The molecule has 138 valence electrons. The second kappa shape index (κ2) is 7.67. The number of hydrogen-bond acceptors (Lipinski definition) is 2. The van der Waals surface area contributed by atoms with Crippen LogP contribution in [0.25, 0.3) is 0 Å². The molecule has 0 aliphatic carbocycles. The Bertz CT molecular complexity index is 849. The van der Waals surface area contributed by atoms with Crippen LogP contribution in [-0.4, -0.2) is 10.7 Å². The molecular weight excluding hydrogens is 330 g/mol. The first-order valence-corrected chi connectivity index (χ1v) is 9.78. The van der Waals surface area contributed by atoms with Gasteiger partial charge in [0.15, 0.2) is 0 Å². The van der Waals surface area contributed by atoms with Crippen molar-refractivity contribution in [3.8, 4) is 0 Å². The zero-order chi connectivity index (χ0) is 18.7.